The summed E-state index contributed by atoms with van der Waals surface area (Å²) in [5, 5.41) is 0. The molecule has 0 heterocycles. The monoisotopic (exact) mass is 258 g/mol. The van der Waals surface area contributed by atoms with Crippen LogP contribution in [0.3, 0.4) is 0 Å². The molecule has 1 saturated carbocycles. The second kappa shape index (κ2) is 3.00. The summed E-state index contributed by atoms with van der Waals surface area (Å²) in [5.74, 6) is 0. The molecule has 0 radical (unpaired) electrons. The smallest absolute Gasteiger partial charge is 0.247 e. The molecule has 0 spiro atoms. The van der Waals surface area contributed by atoms with E-state index in [0.29, 0.717) is 0 Å². The molecule has 1 fully saturated rings. The van der Waals surface area contributed by atoms with Crippen molar-refractivity contribution in [3.05, 3.63) is 0 Å². The predicted octanol–water partition coefficient (Wildman–Crippen LogP) is 1.95. The van der Waals surface area contributed by atoms with Crippen molar-refractivity contribution >= 4 is 10.1 Å². The molecule has 3 nitrogen and oxygen atoms in total. The van der Waals surface area contributed by atoms with E-state index in [-0.39, 0.29) is 0 Å². The SMILES string of the molecule is O=S(=O)(OC1(C(F)(F)F)CC1)C(F)(F)F. The summed E-state index contributed by atoms with van der Waals surface area (Å²) < 4.78 is 95.1. The first kappa shape index (κ1) is 12.6. The van der Waals surface area contributed by atoms with Gasteiger partial charge in [-0.05, 0) is 12.8 Å². The van der Waals surface area contributed by atoms with Crippen LogP contribution in [0.1, 0.15) is 12.8 Å². The molecule has 10 heteroatoms. The van der Waals surface area contributed by atoms with E-state index in [0.717, 1.165) is 0 Å². The lowest BCUT2D eigenvalue weighted by atomic mass is 10.3. The van der Waals surface area contributed by atoms with E-state index in [2.05, 4.69) is 4.18 Å². The summed E-state index contributed by atoms with van der Waals surface area (Å²) >= 11 is 0. The molecule has 1 aliphatic rings. The van der Waals surface area contributed by atoms with E-state index in [1.807, 2.05) is 0 Å². The number of hydrogen-bond acceptors (Lipinski definition) is 3. The van der Waals surface area contributed by atoms with Gasteiger partial charge >= 0.3 is 21.8 Å². The van der Waals surface area contributed by atoms with Crippen molar-refractivity contribution in [1.29, 1.82) is 0 Å². The van der Waals surface area contributed by atoms with Gasteiger partial charge in [-0.25, -0.2) is 4.18 Å². The fourth-order valence-corrected chi connectivity index (χ4v) is 1.56. The molecule has 0 amide bonds. The molecule has 15 heavy (non-hydrogen) atoms. The normalized spacial score (nSPS) is 21.5. The van der Waals surface area contributed by atoms with Crippen molar-refractivity contribution in [2.24, 2.45) is 0 Å². The third kappa shape index (κ3) is 2.19. The lowest BCUT2D eigenvalue weighted by Gasteiger charge is -2.19. The average molecular weight is 258 g/mol. The van der Waals surface area contributed by atoms with Crippen LogP contribution < -0.4 is 0 Å². The minimum Gasteiger partial charge on any atom is -0.247 e. The highest BCUT2D eigenvalue weighted by Crippen LogP contribution is 2.54. The van der Waals surface area contributed by atoms with Crippen LogP contribution in [0.4, 0.5) is 26.3 Å². The van der Waals surface area contributed by atoms with Crippen molar-refractivity contribution in [3.63, 3.8) is 0 Å². The van der Waals surface area contributed by atoms with Crippen LogP contribution in [-0.4, -0.2) is 25.7 Å². The Morgan fingerprint density at radius 3 is 1.60 bits per heavy atom. The first-order chi connectivity index (χ1) is 6.41. The highest BCUT2D eigenvalue weighted by molar-refractivity contribution is 7.87. The zero-order chi connectivity index (χ0) is 12.1. The van der Waals surface area contributed by atoms with Crippen LogP contribution in [0.2, 0.25) is 0 Å². The third-order valence-corrected chi connectivity index (χ3v) is 2.88. The standard InChI is InChI=1S/C5H4F6O3S/c6-4(7,8)3(1-2-3)14-15(12,13)5(9,10)11/h1-2H2. The van der Waals surface area contributed by atoms with Crippen LogP contribution >= 0.6 is 0 Å². The van der Waals surface area contributed by atoms with Crippen molar-refractivity contribution in [1.82, 2.24) is 0 Å². The first-order valence-corrected chi connectivity index (χ1v) is 4.91. The fraction of sp³-hybridized carbons (Fsp3) is 1.00. The second-order valence-electron chi connectivity index (χ2n) is 2.98. The molecule has 0 bridgehead atoms. The highest BCUT2D eigenvalue weighted by atomic mass is 32.2. The Hall–Kier alpha value is -0.510. The molecular formula is C5H4F6O3S. The Labute approximate surface area is 80.1 Å². The van der Waals surface area contributed by atoms with Gasteiger partial charge in [0.05, 0.1) is 0 Å². The summed E-state index contributed by atoms with van der Waals surface area (Å²) in [7, 11) is -6.20. The quantitative estimate of drug-likeness (QED) is 0.432. The van der Waals surface area contributed by atoms with E-state index in [1.165, 1.54) is 0 Å². The fourth-order valence-electron chi connectivity index (χ4n) is 0.785. The summed E-state index contributed by atoms with van der Waals surface area (Å²) in [6.45, 7) is 0. The lowest BCUT2D eigenvalue weighted by Crippen LogP contribution is -2.40. The molecule has 0 atom stereocenters. The zero-order valence-corrected chi connectivity index (χ0v) is 7.63. The summed E-state index contributed by atoms with van der Waals surface area (Å²) in [6, 6.07) is 0. The number of rotatable bonds is 2. The lowest BCUT2D eigenvalue weighted by molar-refractivity contribution is -0.210. The van der Waals surface area contributed by atoms with Gasteiger partial charge in [0.1, 0.15) is 0 Å². The Balaban J connectivity index is 2.90. The molecule has 0 saturated heterocycles. The number of hydrogen-bond donors (Lipinski definition) is 0. The van der Waals surface area contributed by atoms with Gasteiger partial charge in [-0.1, -0.05) is 0 Å². The Kier molecular flexibility index (Phi) is 2.51. The predicted molar refractivity (Wildman–Crippen MR) is 34.1 cm³/mol. The van der Waals surface area contributed by atoms with Gasteiger partial charge in [0.2, 0.25) is 0 Å². The van der Waals surface area contributed by atoms with Gasteiger partial charge in [-0.2, -0.15) is 34.8 Å². The maximum absolute atomic E-state index is 12.1. The minimum absolute atomic E-state index is 0.786. The molecule has 1 rings (SSSR count). The van der Waals surface area contributed by atoms with E-state index < -0.39 is 40.2 Å². The third-order valence-electron chi connectivity index (χ3n) is 1.77. The van der Waals surface area contributed by atoms with Crippen molar-refractivity contribution in [2.75, 3.05) is 0 Å². The van der Waals surface area contributed by atoms with Gasteiger partial charge in [-0.15, -0.1) is 0 Å². The number of alkyl halides is 6. The summed E-state index contributed by atoms with van der Waals surface area (Å²) in [4.78, 5) is 0. The Morgan fingerprint density at radius 2 is 1.40 bits per heavy atom. The van der Waals surface area contributed by atoms with Crippen molar-refractivity contribution in [2.45, 2.75) is 30.1 Å². The van der Waals surface area contributed by atoms with Crippen molar-refractivity contribution in [3.8, 4) is 0 Å². The van der Waals surface area contributed by atoms with Gasteiger partial charge in [0.15, 0.2) is 5.60 Å². The van der Waals surface area contributed by atoms with E-state index in [4.69, 9.17) is 0 Å². The summed E-state index contributed by atoms with van der Waals surface area (Å²) in [5.41, 5.74) is -9.02. The molecular weight excluding hydrogens is 254 g/mol. The van der Waals surface area contributed by atoms with Gasteiger partial charge < -0.3 is 0 Å². The maximum atomic E-state index is 12.1. The largest absolute Gasteiger partial charge is 0.523 e. The molecule has 0 aromatic heterocycles. The zero-order valence-electron chi connectivity index (χ0n) is 6.81. The molecule has 90 valence electrons. The number of halogens is 6. The van der Waals surface area contributed by atoms with Crippen LogP contribution in [0, 0.1) is 0 Å². The first-order valence-electron chi connectivity index (χ1n) is 3.50. The Morgan fingerprint density at radius 1 is 1.00 bits per heavy atom. The minimum atomic E-state index is -6.20. The second-order valence-corrected chi connectivity index (χ2v) is 4.51. The average Bonchev–Trinajstić information content (AvgIpc) is 2.62. The molecule has 0 N–H and O–H groups in total. The molecule has 0 aromatic carbocycles. The molecule has 0 aliphatic heterocycles. The van der Waals surface area contributed by atoms with Gasteiger partial charge in [-0.3, -0.25) is 0 Å². The van der Waals surface area contributed by atoms with Crippen LogP contribution in [-0.2, 0) is 14.3 Å². The van der Waals surface area contributed by atoms with E-state index in [9.17, 15) is 34.8 Å². The summed E-state index contributed by atoms with van der Waals surface area (Å²) in [6.07, 6.45) is -6.69. The van der Waals surface area contributed by atoms with Crippen LogP contribution in [0.15, 0.2) is 0 Å². The molecule has 0 unspecified atom stereocenters. The molecule has 1 aliphatic carbocycles. The van der Waals surface area contributed by atoms with E-state index in [1.54, 1.807) is 0 Å². The maximum Gasteiger partial charge on any atom is 0.523 e. The van der Waals surface area contributed by atoms with E-state index >= 15 is 0 Å². The van der Waals surface area contributed by atoms with Gasteiger partial charge in [0.25, 0.3) is 0 Å². The topological polar surface area (TPSA) is 43.4 Å². The molecule has 0 aromatic rings. The Bertz CT molecular complexity index is 348. The van der Waals surface area contributed by atoms with Gasteiger partial charge in [0, 0.05) is 0 Å². The van der Waals surface area contributed by atoms with Crippen LogP contribution in [0.25, 0.3) is 0 Å². The highest BCUT2D eigenvalue weighted by Gasteiger charge is 2.69. The van der Waals surface area contributed by atoms with Crippen molar-refractivity contribution < 1.29 is 38.9 Å². The van der Waals surface area contributed by atoms with Crippen LogP contribution in [0.5, 0.6) is 0 Å².